The summed E-state index contributed by atoms with van der Waals surface area (Å²) in [5.41, 5.74) is 2.34. The summed E-state index contributed by atoms with van der Waals surface area (Å²) >= 11 is 1.68. The Labute approximate surface area is 155 Å². The maximum Gasteiger partial charge on any atom is 0.317 e. The number of urea groups is 1. The molecule has 2 atom stereocenters. The van der Waals surface area contributed by atoms with Gasteiger partial charge in [-0.15, -0.1) is 11.8 Å². The molecule has 0 aliphatic carbocycles. The van der Waals surface area contributed by atoms with Gasteiger partial charge in [-0.3, -0.25) is 4.79 Å². The first-order valence-corrected chi connectivity index (χ1v) is 9.85. The van der Waals surface area contributed by atoms with Crippen LogP contribution in [0.2, 0.25) is 0 Å². The highest BCUT2D eigenvalue weighted by atomic mass is 32.2. The Morgan fingerprint density at radius 2 is 2.12 bits per heavy atom. The highest BCUT2D eigenvalue weighted by Gasteiger charge is 2.38. The fourth-order valence-corrected chi connectivity index (χ4v) is 4.25. The lowest BCUT2D eigenvalue weighted by atomic mass is 10.1. The maximum atomic E-state index is 12.6. The lowest BCUT2D eigenvalue weighted by Gasteiger charge is -2.29. The van der Waals surface area contributed by atoms with Crippen LogP contribution < -0.4 is 5.32 Å². The SMILES string of the molecule is CCN(CCN1C(=O)[C@H](C)S[C@H]1c1cccc(C)c1)C(=O)NC(C)C. The number of thioether (sulfide) groups is 1. The summed E-state index contributed by atoms with van der Waals surface area (Å²) in [6.07, 6.45) is 0. The van der Waals surface area contributed by atoms with Gasteiger partial charge in [-0.25, -0.2) is 4.79 Å². The molecule has 0 saturated carbocycles. The molecule has 0 bridgehead atoms. The zero-order valence-electron chi connectivity index (χ0n) is 15.8. The number of carbonyl (C=O) groups is 2. The number of carbonyl (C=O) groups excluding carboxylic acids is 2. The Bertz CT molecular complexity index is 620. The quantitative estimate of drug-likeness (QED) is 0.843. The van der Waals surface area contributed by atoms with Crippen molar-refractivity contribution in [3.05, 3.63) is 35.4 Å². The van der Waals surface area contributed by atoms with Crippen molar-refractivity contribution >= 4 is 23.7 Å². The summed E-state index contributed by atoms with van der Waals surface area (Å²) in [4.78, 5) is 28.5. The fourth-order valence-electron chi connectivity index (χ4n) is 2.95. The second-order valence-corrected chi connectivity index (χ2v) is 8.19. The maximum absolute atomic E-state index is 12.6. The summed E-state index contributed by atoms with van der Waals surface area (Å²) in [6, 6.07) is 8.34. The molecular weight excluding hydrogens is 334 g/mol. The second-order valence-electron chi connectivity index (χ2n) is 6.76. The van der Waals surface area contributed by atoms with E-state index >= 15 is 0 Å². The van der Waals surface area contributed by atoms with E-state index in [0.29, 0.717) is 19.6 Å². The standard InChI is InChI=1S/C19H29N3O2S/c1-6-21(19(24)20-13(2)3)10-11-22-17(23)15(5)25-18(22)16-9-7-8-14(4)12-16/h7-9,12-13,15,18H,6,10-11H2,1-5H3,(H,20,24)/t15-,18-/m0/s1. The molecule has 138 valence electrons. The van der Waals surface area contributed by atoms with Crippen molar-refractivity contribution in [1.29, 1.82) is 0 Å². The molecule has 0 aromatic heterocycles. The van der Waals surface area contributed by atoms with Gasteiger partial charge in [0.15, 0.2) is 0 Å². The van der Waals surface area contributed by atoms with Crippen LogP contribution in [0.15, 0.2) is 24.3 Å². The van der Waals surface area contributed by atoms with Gasteiger partial charge in [-0.2, -0.15) is 0 Å². The summed E-state index contributed by atoms with van der Waals surface area (Å²) < 4.78 is 0. The first kappa shape index (κ1) is 19.6. The summed E-state index contributed by atoms with van der Waals surface area (Å²) in [5.74, 6) is 0.150. The number of likely N-dealkylation sites (N-methyl/N-ethyl adjacent to an activating group) is 1. The number of hydrogen-bond acceptors (Lipinski definition) is 3. The molecule has 0 spiro atoms. The van der Waals surface area contributed by atoms with Crippen molar-refractivity contribution in [2.24, 2.45) is 0 Å². The first-order chi connectivity index (χ1) is 11.8. The minimum absolute atomic E-state index is 0.0225. The van der Waals surface area contributed by atoms with E-state index in [1.165, 1.54) is 5.56 Å². The molecule has 1 aromatic carbocycles. The molecule has 1 saturated heterocycles. The van der Waals surface area contributed by atoms with Crippen LogP contribution in [-0.4, -0.2) is 52.7 Å². The zero-order chi connectivity index (χ0) is 18.6. The van der Waals surface area contributed by atoms with E-state index in [-0.39, 0.29) is 28.6 Å². The van der Waals surface area contributed by atoms with Crippen molar-refractivity contribution in [2.75, 3.05) is 19.6 Å². The van der Waals surface area contributed by atoms with E-state index < -0.39 is 0 Å². The first-order valence-electron chi connectivity index (χ1n) is 8.91. The van der Waals surface area contributed by atoms with Gasteiger partial charge in [-0.1, -0.05) is 29.8 Å². The number of rotatable bonds is 6. The number of nitrogens with one attached hydrogen (secondary N) is 1. The molecule has 5 nitrogen and oxygen atoms in total. The molecule has 0 radical (unpaired) electrons. The van der Waals surface area contributed by atoms with E-state index in [1.54, 1.807) is 16.7 Å². The predicted octanol–water partition coefficient (Wildman–Crippen LogP) is 3.40. The molecule has 3 amide bonds. The van der Waals surface area contributed by atoms with Crippen LogP contribution in [-0.2, 0) is 4.79 Å². The Morgan fingerprint density at radius 1 is 1.40 bits per heavy atom. The van der Waals surface area contributed by atoms with Gasteiger partial charge in [0.25, 0.3) is 0 Å². The van der Waals surface area contributed by atoms with Crippen molar-refractivity contribution in [3.63, 3.8) is 0 Å². The normalized spacial score (nSPS) is 20.2. The zero-order valence-corrected chi connectivity index (χ0v) is 16.6. The molecule has 1 N–H and O–H groups in total. The van der Waals surface area contributed by atoms with Crippen LogP contribution in [0.4, 0.5) is 4.79 Å². The highest BCUT2D eigenvalue weighted by Crippen LogP contribution is 2.42. The number of hydrogen-bond donors (Lipinski definition) is 1. The van der Waals surface area contributed by atoms with Crippen LogP contribution >= 0.6 is 11.8 Å². The topological polar surface area (TPSA) is 52.7 Å². The summed E-state index contributed by atoms with van der Waals surface area (Å²) in [7, 11) is 0. The Hall–Kier alpha value is -1.69. The van der Waals surface area contributed by atoms with Gasteiger partial charge in [0, 0.05) is 25.7 Å². The van der Waals surface area contributed by atoms with E-state index in [2.05, 4.69) is 30.4 Å². The molecule has 1 aliphatic rings. The minimum Gasteiger partial charge on any atom is -0.336 e. The number of aryl methyl sites for hydroxylation is 1. The van der Waals surface area contributed by atoms with E-state index in [4.69, 9.17) is 0 Å². The van der Waals surface area contributed by atoms with Gasteiger partial charge in [0.2, 0.25) is 5.91 Å². The van der Waals surface area contributed by atoms with Crippen LogP contribution in [0, 0.1) is 6.92 Å². The third kappa shape index (κ3) is 4.91. The Morgan fingerprint density at radius 3 is 2.72 bits per heavy atom. The van der Waals surface area contributed by atoms with Crippen molar-refractivity contribution in [1.82, 2.24) is 15.1 Å². The molecular formula is C19H29N3O2S. The van der Waals surface area contributed by atoms with Crippen molar-refractivity contribution < 1.29 is 9.59 Å². The van der Waals surface area contributed by atoms with E-state index in [1.807, 2.05) is 38.7 Å². The second kappa shape index (κ2) is 8.61. The average molecular weight is 364 g/mol. The summed E-state index contributed by atoms with van der Waals surface area (Å²) in [5, 5.41) is 2.89. The molecule has 2 rings (SSSR count). The Balaban J connectivity index is 2.09. The Kier molecular flexibility index (Phi) is 6.76. The van der Waals surface area contributed by atoms with Crippen LogP contribution in [0.1, 0.15) is 44.2 Å². The number of amides is 3. The monoisotopic (exact) mass is 363 g/mol. The summed E-state index contributed by atoms with van der Waals surface area (Å²) in [6.45, 7) is 11.6. The molecule has 25 heavy (non-hydrogen) atoms. The van der Waals surface area contributed by atoms with Gasteiger partial charge in [0.05, 0.1) is 5.25 Å². The van der Waals surface area contributed by atoms with Crippen LogP contribution in [0.3, 0.4) is 0 Å². The van der Waals surface area contributed by atoms with Crippen molar-refractivity contribution in [3.8, 4) is 0 Å². The van der Waals surface area contributed by atoms with Gasteiger partial charge in [0.1, 0.15) is 5.37 Å². The molecule has 1 aromatic rings. The van der Waals surface area contributed by atoms with Gasteiger partial charge in [-0.05, 0) is 40.2 Å². The van der Waals surface area contributed by atoms with E-state index in [0.717, 1.165) is 5.56 Å². The van der Waals surface area contributed by atoms with Crippen LogP contribution in [0.25, 0.3) is 0 Å². The molecule has 1 aliphatic heterocycles. The number of benzene rings is 1. The third-order valence-corrected chi connectivity index (χ3v) is 5.66. The molecule has 6 heteroatoms. The smallest absolute Gasteiger partial charge is 0.317 e. The average Bonchev–Trinajstić information content (AvgIpc) is 2.83. The fraction of sp³-hybridized carbons (Fsp3) is 0.579. The van der Waals surface area contributed by atoms with Crippen molar-refractivity contribution in [2.45, 2.75) is 51.3 Å². The molecule has 1 fully saturated rings. The predicted molar refractivity (Wildman–Crippen MR) is 104 cm³/mol. The largest absolute Gasteiger partial charge is 0.336 e. The van der Waals surface area contributed by atoms with Gasteiger partial charge >= 0.3 is 6.03 Å². The molecule has 0 unspecified atom stereocenters. The minimum atomic E-state index is -0.0723. The lowest BCUT2D eigenvalue weighted by Crippen LogP contribution is -2.46. The number of nitrogens with zero attached hydrogens (tertiary/aromatic N) is 2. The third-order valence-electron chi connectivity index (χ3n) is 4.27. The van der Waals surface area contributed by atoms with Gasteiger partial charge < -0.3 is 15.1 Å². The van der Waals surface area contributed by atoms with Crippen LogP contribution in [0.5, 0.6) is 0 Å². The lowest BCUT2D eigenvalue weighted by molar-refractivity contribution is -0.129. The highest BCUT2D eigenvalue weighted by molar-refractivity contribution is 8.01. The van der Waals surface area contributed by atoms with E-state index in [9.17, 15) is 9.59 Å². The molecule has 1 heterocycles.